The van der Waals surface area contributed by atoms with Gasteiger partial charge in [0.1, 0.15) is 5.75 Å². The van der Waals surface area contributed by atoms with E-state index in [9.17, 15) is 26.4 Å². The second kappa shape index (κ2) is 9.58. The highest BCUT2D eigenvalue weighted by Crippen LogP contribution is 2.28. The van der Waals surface area contributed by atoms with Crippen LogP contribution in [0.15, 0.2) is 29.2 Å². The van der Waals surface area contributed by atoms with E-state index in [1.807, 2.05) is 0 Å². The van der Waals surface area contributed by atoms with Crippen LogP contribution in [-0.2, 0) is 14.8 Å². The zero-order valence-electron chi connectivity index (χ0n) is 14.2. The average molecular weight is 432 g/mol. The van der Waals surface area contributed by atoms with Crippen LogP contribution in [0.3, 0.4) is 0 Å². The molecule has 1 aliphatic heterocycles. The second-order valence-electron chi connectivity index (χ2n) is 5.80. The quantitative estimate of drug-likeness (QED) is 0.710. The molecule has 1 saturated heterocycles. The van der Waals surface area contributed by atoms with Gasteiger partial charge in [0.25, 0.3) is 0 Å². The number of hydrogen-bond donors (Lipinski definition) is 2. The minimum absolute atomic E-state index is 0. The Labute approximate surface area is 161 Å². The molecule has 7 nitrogen and oxygen atoms in total. The number of hydrogen-bond acceptors (Lipinski definition) is 5. The average Bonchev–Trinajstić information content (AvgIpc) is 2.58. The maximum atomic E-state index is 12.7. The molecule has 1 aliphatic rings. The van der Waals surface area contributed by atoms with Gasteiger partial charge in [-0.1, -0.05) is 6.07 Å². The second-order valence-corrected chi connectivity index (χ2v) is 7.74. The summed E-state index contributed by atoms with van der Waals surface area (Å²) in [6.07, 6.45) is -3.92. The standard InChI is InChI=1S/C15H20F3N3O4S.ClH/c16-15(17,18)25-12-4-1-5-13(9-12)26(23,24)21-8-2-3-11(10-21)14(22)20-7-6-19;/h1,4-5,9,11H,2-3,6-8,10,19H2,(H,20,22);1H. The number of carbonyl (C=O) groups excluding carboxylic acids is 1. The Morgan fingerprint density at radius 3 is 2.70 bits per heavy atom. The molecule has 1 amide bonds. The number of rotatable bonds is 6. The molecule has 27 heavy (non-hydrogen) atoms. The van der Waals surface area contributed by atoms with E-state index in [0.717, 1.165) is 16.4 Å². The van der Waals surface area contributed by atoms with Gasteiger partial charge in [-0.05, 0) is 25.0 Å². The van der Waals surface area contributed by atoms with Crippen molar-refractivity contribution in [3.05, 3.63) is 24.3 Å². The summed E-state index contributed by atoms with van der Waals surface area (Å²) in [5.74, 6) is -1.43. The van der Waals surface area contributed by atoms with Crippen molar-refractivity contribution in [2.24, 2.45) is 11.7 Å². The van der Waals surface area contributed by atoms with Crippen molar-refractivity contribution in [3.63, 3.8) is 0 Å². The molecule has 1 atom stereocenters. The van der Waals surface area contributed by atoms with Crippen LogP contribution in [0.1, 0.15) is 12.8 Å². The van der Waals surface area contributed by atoms with Crippen molar-refractivity contribution in [2.75, 3.05) is 26.2 Å². The minimum Gasteiger partial charge on any atom is -0.406 e. The molecule has 0 aromatic heterocycles. The Hall–Kier alpha value is -1.56. The lowest BCUT2D eigenvalue weighted by Gasteiger charge is -2.31. The minimum atomic E-state index is -4.92. The number of nitrogens with zero attached hydrogens (tertiary/aromatic N) is 1. The summed E-state index contributed by atoms with van der Waals surface area (Å²) in [5.41, 5.74) is 5.32. The number of ether oxygens (including phenoxy) is 1. The lowest BCUT2D eigenvalue weighted by atomic mass is 9.99. The Morgan fingerprint density at radius 1 is 1.37 bits per heavy atom. The van der Waals surface area contributed by atoms with Crippen LogP contribution in [-0.4, -0.2) is 51.2 Å². The summed E-state index contributed by atoms with van der Waals surface area (Å²) in [7, 11) is -4.05. The van der Waals surface area contributed by atoms with Crippen LogP contribution < -0.4 is 15.8 Å². The van der Waals surface area contributed by atoms with E-state index >= 15 is 0 Å². The van der Waals surface area contributed by atoms with E-state index < -0.39 is 28.1 Å². The van der Waals surface area contributed by atoms with Crippen molar-refractivity contribution in [1.29, 1.82) is 0 Å². The van der Waals surface area contributed by atoms with Gasteiger partial charge in [-0.15, -0.1) is 25.6 Å². The zero-order chi connectivity index (χ0) is 19.4. The van der Waals surface area contributed by atoms with Gasteiger partial charge in [-0.2, -0.15) is 4.31 Å². The predicted molar refractivity (Wildman–Crippen MR) is 93.9 cm³/mol. The van der Waals surface area contributed by atoms with Gasteiger partial charge in [0.2, 0.25) is 15.9 Å². The predicted octanol–water partition coefficient (Wildman–Crippen LogP) is 1.48. The molecule has 12 heteroatoms. The number of piperidine rings is 1. The monoisotopic (exact) mass is 431 g/mol. The van der Waals surface area contributed by atoms with Crippen LogP contribution in [0.5, 0.6) is 5.75 Å². The molecule has 1 aromatic rings. The smallest absolute Gasteiger partial charge is 0.406 e. The molecule has 2 rings (SSSR count). The van der Waals surface area contributed by atoms with Crippen molar-refractivity contribution >= 4 is 28.3 Å². The van der Waals surface area contributed by atoms with E-state index in [1.165, 1.54) is 12.1 Å². The lowest BCUT2D eigenvalue weighted by Crippen LogP contribution is -2.46. The SMILES string of the molecule is Cl.NCCNC(=O)C1CCCN(S(=O)(=O)c2cccc(OC(F)(F)F)c2)C1. The lowest BCUT2D eigenvalue weighted by molar-refractivity contribution is -0.274. The molecule has 0 spiro atoms. The molecule has 0 bridgehead atoms. The van der Waals surface area contributed by atoms with Crippen LogP contribution in [0.25, 0.3) is 0 Å². The fourth-order valence-electron chi connectivity index (χ4n) is 2.70. The Balaban J connectivity index is 0.00000364. The van der Waals surface area contributed by atoms with E-state index in [-0.39, 0.29) is 42.8 Å². The Morgan fingerprint density at radius 2 is 2.07 bits per heavy atom. The molecule has 1 fully saturated rings. The zero-order valence-corrected chi connectivity index (χ0v) is 15.9. The van der Waals surface area contributed by atoms with Crippen LogP contribution in [0.4, 0.5) is 13.2 Å². The highest BCUT2D eigenvalue weighted by atomic mass is 35.5. The first kappa shape index (κ1) is 23.5. The van der Waals surface area contributed by atoms with E-state index in [0.29, 0.717) is 19.4 Å². The number of carbonyl (C=O) groups is 1. The molecule has 3 N–H and O–H groups in total. The summed E-state index contributed by atoms with van der Waals surface area (Å²) >= 11 is 0. The maximum absolute atomic E-state index is 12.7. The molecule has 1 aromatic carbocycles. The molecular weight excluding hydrogens is 411 g/mol. The molecule has 1 heterocycles. The van der Waals surface area contributed by atoms with Gasteiger partial charge in [-0.3, -0.25) is 4.79 Å². The van der Waals surface area contributed by atoms with Crippen LogP contribution in [0.2, 0.25) is 0 Å². The van der Waals surface area contributed by atoms with Gasteiger partial charge in [0, 0.05) is 32.2 Å². The largest absolute Gasteiger partial charge is 0.573 e. The first-order valence-electron chi connectivity index (χ1n) is 7.97. The van der Waals surface area contributed by atoms with Gasteiger partial charge in [0.15, 0.2) is 0 Å². The van der Waals surface area contributed by atoms with E-state index in [4.69, 9.17) is 5.73 Å². The molecule has 154 valence electrons. The Kier molecular flexibility index (Phi) is 8.33. The normalized spacial score (nSPS) is 18.4. The van der Waals surface area contributed by atoms with Crippen molar-refractivity contribution in [3.8, 4) is 5.75 Å². The van der Waals surface area contributed by atoms with Crippen molar-refractivity contribution in [1.82, 2.24) is 9.62 Å². The first-order chi connectivity index (χ1) is 12.1. The highest BCUT2D eigenvalue weighted by Gasteiger charge is 2.35. The molecule has 0 radical (unpaired) electrons. The first-order valence-corrected chi connectivity index (χ1v) is 9.41. The highest BCUT2D eigenvalue weighted by molar-refractivity contribution is 7.89. The van der Waals surface area contributed by atoms with Gasteiger partial charge < -0.3 is 15.8 Å². The van der Waals surface area contributed by atoms with Crippen LogP contribution >= 0.6 is 12.4 Å². The van der Waals surface area contributed by atoms with Gasteiger partial charge in [-0.25, -0.2) is 8.42 Å². The summed E-state index contributed by atoms with van der Waals surface area (Å²) < 4.78 is 67.3. The topological polar surface area (TPSA) is 102 Å². The fraction of sp³-hybridized carbons (Fsp3) is 0.533. The molecular formula is C15H21ClF3N3O4S. The summed E-state index contributed by atoms with van der Waals surface area (Å²) in [6.45, 7) is 0.710. The van der Waals surface area contributed by atoms with E-state index in [1.54, 1.807) is 0 Å². The number of benzene rings is 1. The molecule has 0 aliphatic carbocycles. The summed E-state index contributed by atoms with van der Waals surface area (Å²) in [4.78, 5) is 11.7. The molecule has 1 unspecified atom stereocenters. The number of amides is 1. The van der Waals surface area contributed by atoms with Gasteiger partial charge in [0.05, 0.1) is 10.8 Å². The fourth-order valence-corrected chi connectivity index (χ4v) is 4.25. The van der Waals surface area contributed by atoms with Crippen molar-refractivity contribution in [2.45, 2.75) is 24.1 Å². The van der Waals surface area contributed by atoms with E-state index in [2.05, 4.69) is 10.1 Å². The third-order valence-corrected chi connectivity index (χ3v) is 5.74. The number of nitrogens with two attached hydrogens (primary N) is 1. The van der Waals surface area contributed by atoms with Crippen LogP contribution in [0, 0.1) is 5.92 Å². The number of halogens is 4. The summed E-state index contributed by atoms with van der Waals surface area (Å²) in [5, 5.41) is 2.62. The number of nitrogens with one attached hydrogen (secondary N) is 1. The third-order valence-electron chi connectivity index (χ3n) is 3.88. The van der Waals surface area contributed by atoms with Gasteiger partial charge >= 0.3 is 6.36 Å². The number of sulfonamides is 1. The van der Waals surface area contributed by atoms with Crippen molar-refractivity contribution < 1.29 is 31.1 Å². The number of alkyl halides is 3. The Bertz CT molecular complexity index is 746. The third kappa shape index (κ3) is 6.52. The molecule has 0 saturated carbocycles. The maximum Gasteiger partial charge on any atom is 0.573 e. The summed E-state index contributed by atoms with van der Waals surface area (Å²) in [6, 6.07) is 4.20.